The maximum atomic E-state index is 13.3. The van der Waals surface area contributed by atoms with Crippen molar-refractivity contribution >= 4 is 11.9 Å². The minimum Gasteiger partial charge on any atom is -0.480 e. The molecule has 4 aliphatic rings. The molecule has 4 nitrogen and oxygen atoms in total. The molecule has 0 heterocycles. The predicted molar refractivity (Wildman–Crippen MR) is 99.6 cm³/mol. The number of carbonyl (C=O) groups excluding carboxylic acids is 1. The number of carbonyl (C=O) groups is 2. The lowest BCUT2D eigenvalue weighted by Crippen LogP contribution is -2.61. The average Bonchev–Trinajstić information content (AvgIpc) is 2.51. The van der Waals surface area contributed by atoms with Crippen molar-refractivity contribution in [1.29, 1.82) is 0 Å². The van der Waals surface area contributed by atoms with Gasteiger partial charge < -0.3 is 10.4 Å². The van der Waals surface area contributed by atoms with Gasteiger partial charge in [-0.1, -0.05) is 44.2 Å². The second-order valence-corrected chi connectivity index (χ2v) is 9.96. The highest BCUT2D eigenvalue weighted by Gasteiger charge is 2.62. The molecule has 4 bridgehead atoms. The number of hydrogen-bond acceptors (Lipinski definition) is 2. The van der Waals surface area contributed by atoms with Gasteiger partial charge in [-0.05, 0) is 60.8 Å². The summed E-state index contributed by atoms with van der Waals surface area (Å²) in [6.07, 6.45) is 6.74. The molecule has 1 aromatic carbocycles. The summed E-state index contributed by atoms with van der Waals surface area (Å²) in [5.41, 5.74) is 1.05. The van der Waals surface area contributed by atoms with Crippen LogP contribution in [0.2, 0.25) is 0 Å². The lowest BCUT2D eigenvalue weighted by molar-refractivity contribution is -0.171. The van der Waals surface area contributed by atoms with E-state index in [1.165, 1.54) is 19.3 Å². The Morgan fingerprint density at radius 3 is 2.23 bits per heavy atom. The Labute approximate surface area is 155 Å². The van der Waals surface area contributed by atoms with Crippen LogP contribution in [-0.2, 0) is 16.0 Å². The number of carboxylic acid groups (broad SMARTS) is 1. The molecule has 4 heteroatoms. The van der Waals surface area contributed by atoms with Gasteiger partial charge in [-0.2, -0.15) is 0 Å². The number of aliphatic carboxylic acids is 1. The number of hydrogen-bond donors (Lipinski definition) is 2. The van der Waals surface area contributed by atoms with Gasteiger partial charge in [-0.3, -0.25) is 4.79 Å². The summed E-state index contributed by atoms with van der Waals surface area (Å²) in [5.74, 6) is -0.365. The van der Waals surface area contributed by atoms with E-state index in [0.29, 0.717) is 12.3 Å². The second kappa shape index (κ2) is 5.83. The average molecular weight is 355 g/mol. The molecule has 0 aliphatic heterocycles. The third-order valence-electron chi connectivity index (χ3n) is 6.99. The van der Waals surface area contributed by atoms with Gasteiger partial charge in [0.1, 0.15) is 6.04 Å². The zero-order valence-electron chi connectivity index (χ0n) is 15.8. The third kappa shape index (κ3) is 3.04. The van der Waals surface area contributed by atoms with Gasteiger partial charge in [-0.25, -0.2) is 4.79 Å². The van der Waals surface area contributed by atoms with E-state index >= 15 is 0 Å². The standard InChI is InChI=1S/C22H29NO3/c1-20-9-16-10-21(2,12-20)14-22(11-16,13-20)19(26)23-17(18(24)25)8-15-6-4-3-5-7-15/h3-7,16-17H,8-14H2,1-2H3,(H,23,26)(H,24,25)/t16?,17-,20-,21+,22?/m1/s1. The second-order valence-electron chi connectivity index (χ2n) is 9.96. The first-order valence-electron chi connectivity index (χ1n) is 9.79. The molecular weight excluding hydrogens is 326 g/mol. The van der Waals surface area contributed by atoms with Gasteiger partial charge in [-0.15, -0.1) is 0 Å². The molecule has 4 saturated carbocycles. The highest BCUT2D eigenvalue weighted by Crippen LogP contribution is 2.69. The van der Waals surface area contributed by atoms with Gasteiger partial charge >= 0.3 is 5.97 Å². The lowest BCUT2D eigenvalue weighted by atomic mass is 9.40. The summed E-state index contributed by atoms with van der Waals surface area (Å²) >= 11 is 0. The molecule has 4 aliphatic carbocycles. The minimum atomic E-state index is -0.954. The Kier molecular flexibility index (Phi) is 3.94. The highest BCUT2D eigenvalue weighted by atomic mass is 16.4. The Balaban J connectivity index is 1.54. The van der Waals surface area contributed by atoms with E-state index < -0.39 is 12.0 Å². The smallest absolute Gasteiger partial charge is 0.326 e. The number of nitrogens with one attached hydrogen (secondary N) is 1. The van der Waals surface area contributed by atoms with Gasteiger partial charge in [0.05, 0.1) is 5.41 Å². The molecule has 26 heavy (non-hydrogen) atoms. The maximum Gasteiger partial charge on any atom is 0.326 e. The van der Waals surface area contributed by atoms with Crippen LogP contribution >= 0.6 is 0 Å². The molecule has 0 aromatic heterocycles. The Bertz CT molecular complexity index is 710. The predicted octanol–water partition coefficient (Wildman–Crippen LogP) is 3.80. The summed E-state index contributed by atoms with van der Waals surface area (Å²) < 4.78 is 0. The molecular formula is C22H29NO3. The number of benzene rings is 1. The number of carboxylic acids is 1. The van der Waals surface area contributed by atoms with Crippen molar-refractivity contribution < 1.29 is 14.7 Å². The van der Waals surface area contributed by atoms with Gasteiger partial charge in [0, 0.05) is 6.42 Å². The van der Waals surface area contributed by atoms with Crippen molar-refractivity contribution in [3.63, 3.8) is 0 Å². The normalized spacial score (nSPS) is 38.8. The topological polar surface area (TPSA) is 66.4 Å². The van der Waals surface area contributed by atoms with E-state index in [-0.39, 0.29) is 22.2 Å². The molecule has 4 fully saturated rings. The fourth-order valence-electron chi connectivity index (χ4n) is 7.06. The molecule has 0 saturated heterocycles. The van der Waals surface area contributed by atoms with Crippen LogP contribution in [0.5, 0.6) is 0 Å². The van der Waals surface area contributed by atoms with Crippen LogP contribution in [0.25, 0.3) is 0 Å². The zero-order valence-corrected chi connectivity index (χ0v) is 15.8. The largest absolute Gasteiger partial charge is 0.480 e. The first-order valence-corrected chi connectivity index (χ1v) is 9.79. The van der Waals surface area contributed by atoms with Crippen molar-refractivity contribution in [2.24, 2.45) is 22.2 Å². The van der Waals surface area contributed by atoms with Crippen LogP contribution in [0, 0.1) is 22.2 Å². The summed E-state index contributed by atoms with van der Waals surface area (Å²) in [5, 5.41) is 12.6. The van der Waals surface area contributed by atoms with E-state index in [2.05, 4.69) is 19.2 Å². The summed E-state index contributed by atoms with van der Waals surface area (Å²) in [6.45, 7) is 4.66. The van der Waals surface area contributed by atoms with Crippen molar-refractivity contribution in [1.82, 2.24) is 5.32 Å². The third-order valence-corrected chi connectivity index (χ3v) is 6.99. The minimum absolute atomic E-state index is 0.0256. The molecule has 1 aromatic rings. The fraction of sp³-hybridized carbons (Fsp3) is 0.636. The van der Waals surface area contributed by atoms with Crippen molar-refractivity contribution in [3.05, 3.63) is 35.9 Å². The maximum absolute atomic E-state index is 13.3. The van der Waals surface area contributed by atoms with Crippen LogP contribution in [0.4, 0.5) is 0 Å². The van der Waals surface area contributed by atoms with Crippen molar-refractivity contribution in [2.45, 2.75) is 64.8 Å². The van der Waals surface area contributed by atoms with Crippen LogP contribution in [0.1, 0.15) is 57.9 Å². The molecule has 0 radical (unpaired) electrons. The fourth-order valence-corrected chi connectivity index (χ4v) is 7.06. The molecule has 140 valence electrons. The van der Waals surface area contributed by atoms with E-state index in [9.17, 15) is 14.7 Å². The van der Waals surface area contributed by atoms with Crippen LogP contribution in [-0.4, -0.2) is 23.0 Å². The van der Waals surface area contributed by atoms with Gasteiger partial charge in [0.2, 0.25) is 5.91 Å². The number of rotatable bonds is 5. The SMILES string of the molecule is C[C@]12CC3CC(C(=O)N[C@H](Cc4ccccc4)C(=O)O)(C1)C[C@@](C)(C3)C2. The van der Waals surface area contributed by atoms with E-state index in [1.807, 2.05) is 30.3 Å². The van der Waals surface area contributed by atoms with Gasteiger partial charge in [0.15, 0.2) is 0 Å². The zero-order chi connectivity index (χ0) is 18.6. The van der Waals surface area contributed by atoms with E-state index in [1.54, 1.807) is 0 Å². The number of amides is 1. The first kappa shape index (κ1) is 17.6. The van der Waals surface area contributed by atoms with Gasteiger partial charge in [0.25, 0.3) is 0 Å². The summed E-state index contributed by atoms with van der Waals surface area (Å²) in [7, 11) is 0. The molecule has 5 atom stereocenters. The van der Waals surface area contributed by atoms with Crippen molar-refractivity contribution in [2.75, 3.05) is 0 Å². The lowest BCUT2D eigenvalue weighted by Gasteiger charge is -2.64. The quantitative estimate of drug-likeness (QED) is 0.844. The summed E-state index contributed by atoms with van der Waals surface area (Å²) in [4.78, 5) is 25.1. The molecule has 2 N–H and O–H groups in total. The Morgan fingerprint density at radius 2 is 1.69 bits per heavy atom. The van der Waals surface area contributed by atoms with Crippen LogP contribution < -0.4 is 5.32 Å². The Morgan fingerprint density at radius 1 is 1.08 bits per heavy atom. The van der Waals surface area contributed by atoms with Crippen LogP contribution in [0.3, 0.4) is 0 Å². The van der Waals surface area contributed by atoms with E-state index in [4.69, 9.17) is 0 Å². The molecule has 0 spiro atoms. The molecule has 2 unspecified atom stereocenters. The Hall–Kier alpha value is -1.84. The molecule has 5 rings (SSSR count). The monoisotopic (exact) mass is 355 g/mol. The highest BCUT2D eigenvalue weighted by molar-refractivity contribution is 5.88. The first-order chi connectivity index (χ1) is 12.2. The molecule has 1 amide bonds. The summed E-state index contributed by atoms with van der Waals surface area (Å²) in [6, 6.07) is 8.67. The van der Waals surface area contributed by atoms with E-state index in [0.717, 1.165) is 24.8 Å². The van der Waals surface area contributed by atoms with Crippen LogP contribution in [0.15, 0.2) is 30.3 Å². The van der Waals surface area contributed by atoms with Crippen molar-refractivity contribution in [3.8, 4) is 0 Å².